The standard InChI is InChI=1S/C14H18FN5O/c1-10(14-18-17-11(2)21-14)19-3-5-20(6-4-19)13-7-12(15)8-16-9-13/h7-10H,3-6H2,1-2H3. The largest absolute Gasteiger partial charge is 0.424 e. The maximum Gasteiger partial charge on any atom is 0.233 e. The summed E-state index contributed by atoms with van der Waals surface area (Å²) in [6.07, 6.45) is 2.92. The van der Waals surface area contributed by atoms with Gasteiger partial charge in [-0.15, -0.1) is 10.2 Å². The van der Waals surface area contributed by atoms with Crippen LogP contribution in [0, 0.1) is 12.7 Å². The van der Waals surface area contributed by atoms with Crippen LogP contribution >= 0.6 is 0 Å². The van der Waals surface area contributed by atoms with Gasteiger partial charge in [0.05, 0.1) is 24.1 Å². The molecule has 7 heteroatoms. The van der Waals surface area contributed by atoms with Crippen molar-refractivity contribution in [3.63, 3.8) is 0 Å². The van der Waals surface area contributed by atoms with Gasteiger partial charge in [-0.25, -0.2) is 4.39 Å². The maximum absolute atomic E-state index is 13.2. The number of aromatic nitrogens is 3. The Kier molecular flexibility index (Phi) is 3.83. The average molecular weight is 291 g/mol. The lowest BCUT2D eigenvalue weighted by atomic mass is 10.2. The number of hydrogen-bond donors (Lipinski definition) is 0. The molecule has 1 fully saturated rings. The van der Waals surface area contributed by atoms with Crippen molar-refractivity contribution < 1.29 is 8.81 Å². The normalized spacial score (nSPS) is 18.0. The van der Waals surface area contributed by atoms with Crippen LogP contribution < -0.4 is 4.90 Å². The Balaban J connectivity index is 1.62. The van der Waals surface area contributed by atoms with Crippen molar-refractivity contribution in [2.75, 3.05) is 31.1 Å². The molecule has 0 N–H and O–H groups in total. The van der Waals surface area contributed by atoms with E-state index < -0.39 is 0 Å². The number of halogens is 1. The van der Waals surface area contributed by atoms with Crippen molar-refractivity contribution in [2.24, 2.45) is 0 Å². The van der Waals surface area contributed by atoms with Gasteiger partial charge in [-0.1, -0.05) is 0 Å². The molecular formula is C14H18FN5O. The third-order valence-electron chi connectivity index (χ3n) is 3.82. The summed E-state index contributed by atoms with van der Waals surface area (Å²) in [4.78, 5) is 8.33. The van der Waals surface area contributed by atoms with Crippen LogP contribution in [0.5, 0.6) is 0 Å². The summed E-state index contributed by atoms with van der Waals surface area (Å²) >= 11 is 0. The quantitative estimate of drug-likeness (QED) is 0.859. The number of aryl methyl sites for hydroxylation is 1. The molecule has 1 saturated heterocycles. The Morgan fingerprint density at radius 2 is 1.95 bits per heavy atom. The number of rotatable bonds is 3. The fourth-order valence-corrected chi connectivity index (χ4v) is 2.58. The number of piperazine rings is 1. The minimum absolute atomic E-state index is 0.0963. The van der Waals surface area contributed by atoms with Gasteiger partial charge in [0, 0.05) is 39.2 Å². The Hall–Kier alpha value is -2.02. The lowest BCUT2D eigenvalue weighted by Gasteiger charge is -2.37. The third-order valence-corrected chi connectivity index (χ3v) is 3.82. The summed E-state index contributed by atoms with van der Waals surface area (Å²) < 4.78 is 18.7. The van der Waals surface area contributed by atoms with Gasteiger partial charge < -0.3 is 9.32 Å². The lowest BCUT2D eigenvalue weighted by molar-refractivity contribution is 0.172. The molecule has 2 aromatic rings. The number of nitrogens with zero attached hydrogens (tertiary/aromatic N) is 5. The molecule has 0 bridgehead atoms. The smallest absolute Gasteiger partial charge is 0.233 e. The molecule has 1 aliphatic heterocycles. The van der Waals surface area contributed by atoms with E-state index in [2.05, 4.69) is 31.9 Å². The molecule has 2 aromatic heterocycles. The maximum atomic E-state index is 13.2. The summed E-state index contributed by atoms with van der Waals surface area (Å²) in [5, 5.41) is 7.95. The molecular weight excluding hydrogens is 273 g/mol. The van der Waals surface area contributed by atoms with E-state index >= 15 is 0 Å². The minimum Gasteiger partial charge on any atom is -0.424 e. The third kappa shape index (κ3) is 3.02. The van der Waals surface area contributed by atoms with Gasteiger partial charge in [-0.3, -0.25) is 9.88 Å². The molecule has 3 rings (SSSR count). The molecule has 0 amide bonds. The zero-order valence-electron chi connectivity index (χ0n) is 12.2. The zero-order chi connectivity index (χ0) is 14.8. The van der Waals surface area contributed by atoms with E-state index in [1.54, 1.807) is 13.1 Å². The van der Waals surface area contributed by atoms with E-state index in [-0.39, 0.29) is 11.9 Å². The van der Waals surface area contributed by atoms with Crippen LogP contribution in [0.2, 0.25) is 0 Å². The van der Waals surface area contributed by atoms with E-state index in [1.807, 2.05) is 0 Å². The Morgan fingerprint density at radius 1 is 1.19 bits per heavy atom. The van der Waals surface area contributed by atoms with Gasteiger partial charge in [-0.05, 0) is 6.92 Å². The van der Waals surface area contributed by atoms with Gasteiger partial charge in [0.2, 0.25) is 11.8 Å². The second-order valence-electron chi connectivity index (χ2n) is 5.22. The van der Waals surface area contributed by atoms with Crippen molar-refractivity contribution >= 4 is 5.69 Å². The number of pyridine rings is 1. The summed E-state index contributed by atoms with van der Waals surface area (Å²) in [5.74, 6) is 0.930. The first-order valence-electron chi connectivity index (χ1n) is 7.03. The highest BCUT2D eigenvalue weighted by molar-refractivity contribution is 5.44. The predicted octanol–water partition coefficient (Wildman–Crippen LogP) is 1.80. The van der Waals surface area contributed by atoms with Crippen LogP contribution in [-0.4, -0.2) is 46.3 Å². The Labute approximate surface area is 122 Å². The summed E-state index contributed by atoms with van der Waals surface area (Å²) in [6.45, 7) is 7.22. The fourth-order valence-electron chi connectivity index (χ4n) is 2.58. The van der Waals surface area contributed by atoms with Crippen molar-refractivity contribution in [1.29, 1.82) is 0 Å². The van der Waals surface area contributed by atoms with E-state index in [9.17, 15) is 4.39 Å². The SMILES string of the molecule is Cc1nnc(C(C)N2CCN(c3cncc(F)c3)CC2)o1. The zero-order valence-corrected chi connectivity index (χ0v) is 12.2. The lowest BCUT2D eigenvalue weighted by Crippen LogP contribution is -2.47. The van der Waals surface area contributed by atoms with Crippen LogP contribution in [0.4, 0.5) is 10.1 Å². The fraction of sp³-hybridized carbons (Fsp3) is 0.500. The minimum atomic E-state index is -0.301. The van der Waals surface area contributed by atoms with Crippen molar-refractivity contribution in [1.82, 2.24) is 20.1 Å². The Morgan fingerprint density at radius 3 is 2.57 bits per heavy atom. The highest BCUT2D eigenvalue weighted by Crippen LogP contribution is 2.22. The first-order valence-corrected chi connectivity index (χ1v) is 7.03. The molecule has 1 unspecified atom stereocenters. The summed E-state index contributed by atoms with van der Waals surface area (Å²) in [6, 6.07) is 1.62. The second kappa shape index (κ2) is 5.77. The number of hydrogen-bond acceptors (Lipinski definition) is 6. The molecule has 1 atom stereocenters. The van der Waals surface area contributed by atoms with Gasteiger partial charge in [0.1, 0.15) is 5.82 Å². The van der Waals surface area contributed by atoms with E-state index in [4.69, 9.17) is 4.42 Å². The molecule has 21 heavy (non-hydrogen) atoms. The van der Waals surface area contributed by atoms with Gasteiger partial charge in [-0.2, -0.15) is 0 Å². The van der Waals surface area contributed by atoms with Gasteiger partial charge in [0.15, 0.2) is 0 Å². The monoisotopic (exact) mass is 291 g/mol. The topological polar surface area (TPSA) is 58.3 Å². The molecule has 0 radical (unpaired) electrons. The van der Waals surface area contributed by atoms with Crippen LogP contribution in [-0.2, 0) is 0 Å². The van der Waals surface area contributed by atoms with Crippen molar-refractivity contribution in [2.45, 2.75) is 19.9 Å². The summed E-state index contributed by atoms with van der Waals surface area (Å²) in [7, 11) is 0. The van der Waals surface area contributed by atoms with Crippen molar-refractivity contribution in [3.05, 3.63) is 36.1 Å². The van der Waals surface area contributed by atoms with Crippen LogP contribution in [0.15, 0.2) is 22.9 Å². The van der Waals surface area contributed by atoms with Crippen molar-refractivity contribution in [3.8, 4) is 0 Å². The first kappa shape index (κ1) is 13.9. The molecule has 0 saturated carbocycles. The molecule has 1 aliphatic rings. The van der Waals surface area contributed by atoms with Crippen LogP contribution in [0.25, 0.3) is 0 Å². The average Bonchev–Trinajstić information content (AvgIpc) is 2.93. The first-order chi connectivity index (χ1) is 10.1. The second-order valence-corrected chi connectivity index (χ2v) is 5.22. The Bertz CT molecular complexity index is 609. The molecule has 0 aromatic carbocycles. The summed E-state index contributed by atoms with van der Waals surface area (Å²) in [5.41, 5.74) is 0.830. The van der Waals surface area contributed by atoms with E-state index in [1.165, 1.54) is 12.3 Å². The molecule has 0 spiro atoms. The highest BCUT2D eigenvalue weighted by atomic mass is 19.1. The van der Waals surface area contributed by atoms with E-state index in [0.29, 0.717) is 11.8 Å². The van der Waals surface area contributed by atoms with Crippen LogP contribution in [0.3, 0.4) is 0 Å². The predicted molar refractivity (Wildman–Crippen MR) is 75.4 cm³/mol. The molecule has 112 valence electrons. The molecule has 6 nitrogen and oxygen atoms in total. The van der Waals surface area contributed by atoms with E-state index in [0.717, 1.165) is 31.9 Å². The van der Waals surface area contributed by atoms with Gasteiger partial charge >= 0.3 is 0 Å². The van der Waals surface area contributed by atoms with Gasteiger partial charge in [0.25, 0.3) is 0 Å². The molecule has 3 heterocycles. The van der Waals surface area contributed by atoms with Crippen LogP contribution in [0.1, 0.15) is 24.7 Å². The number of anilines is 1. The molecule has 0 aliphatic carbocycles. The highest BCUT2D eigenvalue weighted by Gasteiger charge is 2.25.